The number of rotatable bonds is 3. The minimum atomic E-state index is -0.246. The normalized spacial score (nSPS) is 11.1. The fraction of sp³-hybridized carbons (Fsp3) is 0. The molecule has 0 bridgehead atoms. The predicted molar refractivity (Wildman–Crippen MR) is 85.2 cm³/mol. The minimum absolute atomic E-state index is 0.246. The second-order valence-electron chi connectivity index (χ2n) is 4.48. The number of aromatic amines is 1. The van der Waals surface area contributed by atoms with Crippen LogP contribution in [0.3, 0.4) is 0 Å². The van der Waals surface area contributed by atoms with Crippen molar-refractivity contribution in [2.75, 3.05) is 5.32 Å². The Morgan fingerprint density at radius 1 is 1.14 bits per heavy atom. The summed E-state index contributed by atoms with van der Waals surface area (Å²) in [4.78, 5) is 19.2. The number of nitrogens with one attached hydrogen (secondary N) is 2. The van der Waals surface area contributed by atoms with Gasteiger partial charge in [0.25, 0.3) is 5.91 Å². The van der Waals surface area contributed by atoms with E-state index >= 15 is 0 Å². The van der Waals surface area contributed by atoms with Crippen molar-refractivity contribution in [2.45, 2.75) is 0 Å². The van der Waals surface area contributed by atoms with Gasteiger partial charge in [-0.2, -0.15) is 0 Å². The maximum atomic E-state index is 11.8. The molecule has 2 N–H and O–H groups in total. The highest BCUT2D eigenvalue weighted by atomic mass is 35.5. The van der Waals surface area contributed by atoms with Crippen LogP contribution in [-0.4, -0.2) is 15.9 Å². The number of fused-ring (bicyclic) bond motifs is 1. The third kappa shape index (κ3) is 3.30. The molecule has 3 aromatic rings. The van der Waals surface area contributed by atoms with Crippen molar-refractivity contribution in [1.29, 1.82) is 0 Å². The molecule has 21 heavy (non-hydrogen) atoms. The van der Waals surface area contributed by atoms with Gasteiger partial charge in [0, 0.05) is 11.1 Å². The second kappa shape index (κ2) is 5.81. The number of imidazole rings is 1. The first-order valence-corrected chi connectivity index (χ1v) is 6.78. The van der Waals surface area contributed by atoms with E-state index in [0.717, 1.165) is 16.6 Å². The molecule has 0 saturated heterocycles. The minimum Gasteiger partial charge on any atom is -0.324 e. The first kappa shape index (κ1) is 13.4. The van der Waals surface area contributed by atoms with E-state index in [0.29, 0.717) is 11.0 Å². The standard InChI is InChI=1S/C16H12ClN3O/c17-12-8-5-11(6-9-12)7-10-15(21)20-16-18-13-3-1-2-4-14(13)19-16/h1-10H,(H2,18,19,20,21). The van der Waals surface area contributed by atoms with Gasteiger partial charge in [0.05, 0.1) is 11.0 Å². The molecular formula is C16H12ClN3O. The predicted octanol–water partition coefficient (Wildman–Crippen LogP) is 3.87. The number of H-pyrrole nitrogens is 1. The molecule has 4 nitrogen and oxygen atoms in total. The molecular weight excluding hydrogens is 286 g/mol. The lowest BCUT2D eigenvalue weighted by Crippen LogP contribution is -2.08. The molecule has 0 saturated carbocycles. The van der Waals surface area contributed by atoms with E-state index in [2.05, 4.69) is 15.3 Å². The summed E-state index contributed by atoms with van der Waals surface area (Å²) in [5.41, 5.74) is 2.60. The number of amides is 1. The Bertz CT molecular complexity index is 773. The summed E-state index contributed by atoms with van der Waals surface area (Å²) in [7, 11) is 0. The number of benzene rings is 2. The van der Waals surface area contributed by atoms with Gasteiger partial charge in [-0.3, -0.25) is 10.1 Å². The van der Waals surface area contributed by atoms with Crippen LogP contribution < -0.4 is 5.32 Å². The lowest BCUT2D eigenvalue weighted by atomic mass is 10.2. The number of carbonyl (C=O) groups is 1. The average Bonchev–Trinajstić information content (AvgIpc) is 2.88. The molecule has 3 rings (SSSR count). The summed E-state index contributed by atoms with van der Waals surface area (Å²) in [6.07, 6.45) is 3.17. The van der Waals surface area contributed by atoms with Crippen molar-refractivity contribution < 1.29 is 4.79 Å². The van der Waals surface area contributed by atoms with E-state index in [9.17, 15) is 4.79 Å². The number of hydrogen-bond donors (Lipinski definition) is 2. The van der Waals surface area contributed by atoms with Gasteiger partial charge in [0.1, 0.15) is 0 Å². The van der Waals surface area contributed by atoms with E-state index in [4.69, 9.17) is 11.6 Å². The van der Waals surface area contributed by atoms with Gasteiger partial charge in [-0.1, -0.05) is 35.9 Å². The molecule has 1 aromatic heterocycles. The van der Waals surface area contributed by atoms with Crippen LogP contribution in [-0.2, 0) is 4.79 Å². The third-order valence-corrected chi connectivity index (χ3v) is 3.18. The van der Waals surface area contributed by atoms with Gasteiger partial charge in [-0.25, -0.2) is 4.98 Å². The van der Waals surface area contributed by atoms with Crippen LogP contribution in [0.4, 0.5) is 5.95 Å². The number of halogens is 1. The first-order chi connectivity index (χ1) is 10.2. The molecule has 1 heterocycles. The van der Waals surface area contributed by atoms with Gasteiger partial charge >= 0.3 is 0 Å². The monoisotopic (exact) mass is 297 g/mol. The van der Waals surface area contributed by atoms with Gasteiger partial charge in [0.2, 0.25) is 5.95 Å². The summed E-state index contributed by atoms with van der Waals surface area (Å²) in [5, 5.41) is 3.36. The lowest BCUT2D eigenvalue weighted by Gasteiger charge is -1.96. The zero-order valence-corrected chi connectivity index (χ0v) is 11.8. The number of para-hydroxylation sites is 2. The lowest BCUT2D eigenvalue weighted by molar-refractivity contribution is -0.111. The Labute approximate surface area is 126 Å². The molecule has 2 aromatic carbocycles. The van der Waals surface area contributed by atoms with Crippen LogP contribution in [0.5, 0.6) is 0 Å². The largest absolute Gasteiger partial charge is 0.324 e. The van der Waals surface area contributed by atoms with Crippen LogP contribution in [0.1, 0.15) is 5.56 Å². The maximum absolute atomic E-state index is 11.8. The SMILES string of the molecule is O=C(C=Cc1ccc(Cl)cc1)Nc1nc2ccccc2[nH]1. The number of carbonyl (C=O) groups excluding carboxylic acids is 1. The highest BCUT2D eigenvalue weighted by Crippen LogP contribution is 2.13. The molecule has 1 amide bonds. The third-order valence-electron chi connectivity index (χ3n) is 2.93. The second-order valence-corrected chi connectivity index (χ2v) is 4.91. The zero-order valence-electron chi connectivity index (χ0n) is 11.0. The Morgan fingerprint density at radius 2 is 1.90 bits per heavy atom. The van der Waals surface area contributed by atoms with Crippen molar-refractivity contribution in [3.63, 3.8) is 0 Å². The molecule has 104 valence electrons. The summed E-state index contributed by atoms with van der Waals surface area (Å²) >= 11 is 5.80. The van der Waals surface area contributed by atoms with E-state index in [1.807, 2.05) is 36.4 Å². The van der Waals surface area contributed by atoms with Gasteiger partial charge in [-0.05, 0) is 35.9 Å². The van der Waals surface area contributed by atoms with Crippen LogP contribution in [0.25, 0.3) is 17.1 Å². The van der Waals surface area contributed by atoms with Crippen molar-refractivity contribution >= 4 is 40.6 Å². The van der Waals surface area contributed by atoms with E-state index in [1.54, 1.807) is 18.2 Å². The van der Waals surface area contributed by atoms with E-state index in [-0.39, 0.29) is 5.91 Å². The molecule has 0 aliphatic heterocycles. The quantitative estimate of drug-likeness (QED) is 0.721. The number of nitrogens with zero attached hydrogens (tertiary/aromatic N) is 1. The van der Waals surface area contributed by atoms with Crippen LogP contribution >= 0.6 is 11.6 Å². The summed E-state index contributed by atoms with van der Waals surface area (Å²) in [6.45, 7) is 0. The van der Waals surface area contributed by atoms with Crippen LogP contribution in [0.2, 0.25) is 5.02 Å². The highest BCUT2D eigenvalue weighted by Gasteiger charge is 2.03. The Hall–Kier alpha value is -2.59. The number of anilines is 1. The highest BCUT2D eigenvalue weighted by molar-refractivity contribution is 6.30. The molecule has 0 aliphatic carbocycles. The van der Waals surface area contributed by atoms with Gasteiger partial charge in [-0.15, -0.1) is 0 Å². The maximum Gasteiger partial charge on any atom is 0.250 e. The Balaban J connectivity index is 1.69. The van der Waals surface area contributed by atoms with E-state index < -0.39 is 0 Å². The molecule has 0 atom stereocenters. The van der Waals surface area contributed by atoms with Crippen molar-refractivity contribution in [3.05, 3.63) is 65.2 Å². The van der Waals surface area contributed by atoms with Crippen molar-refractivity contribution in [3.8, 4) is 0 Å². The number of hydrogen-bond acceptors (Lipinski definition) is 2. The molecule has 0 spiro atoms. The van der Waals surface area contributed by atoms with Gasteiger partial charge < -0.3 is 4.98 Å². The first-order valence-electron chi connectivity index (χ1n) is 6.40. The molecule has 0 fully saturated rings. The summed E-state index contributed by atoms with van der Waals surface area (Å²) in [5.74, 6) is 0.186. The summed E-state index contributed by atoms with van der Waals surface area (Å²) < 4.78 is 0. The van der Waals surface area contributed by atoms with Crippen LogP contribution in [0, 0.1) is 0 Å². The van der Waals surface area contributed by atoms with Crippen molar-refractivity contribution in [1.82, 2.24) is 9.97 Å². The molecule has 5 heteroatoms. The van der Waals surface area contributed by atoms with Crippen LogP contribution in [0.15, 0.2) is 54.6 Å². The Kier molecular flexibility index (Phi) is 3.71. The number of aromatic nitrogens is 2. The summed E-state index contributed by atoms with van der Waals surface area (Å²) in [6, 6.07) is 14.8. The Morgan fingerprint density at radius 3 is 2.67 bits per heavy atom. The van der Waals surface area contributed by atoms with E-state index in [1.165, 1.54) is 6.08 Å². The fourth-order valence-electron chi connectivity index (χ4n) is 1.92. The average molecular weight is 298 g/mol. The van der Waals surface area contributed by atoms with Crippen molar-refractivity contribution in [2.24, 2.45) is 0 Å². The topological polar surface area (TPSA) is 57.8 Å². The molecule has 0 radical (unpaired) electrons. The smallest absolute Gasteiger partial charge is 0.250 e. The molecule has 0 aliphatic rings. The zero-order chi connectivity index (χ0) is 14.7. The van der Waals surface area contributed by atoms with Gasteiger partial charge in [0.15, 0.2) is 0 Å². The molecule has 0 unspecified atom stereocenters. The fourth-order valence-corrected chi connectivity index (χ4v) is 2.04.